The fraction of sp³-hybridized carbons (Fsp3) is 0.136. The molecule has 5 nitrogen and oxygen atoms in total. The van der Waals surface area contributed by atoms with Crippen LogP contribution in [0.3, 0.4) is 0 Å². The summed E-state index contributed by atoms with van der Waals surface area (Å²) in [5.41, 5.74) is 4.31. The first kappa shape index (κ1) is 17.0. The molecular formula is C22H20N4O. The van der Waals surface area contributed by atoms with E-state index in [0.29, 0.717) is 5.52 Å². The monoisotopic (exact) mass is 356 g/mol. The predicted molar refractivity (Wildman–Crippen MR) is 107 cm³/mol. The van der Waals surface area contributed by atoms with Crippen LogP contribution in [0, 0.1) is 13.8 Å². The van der Waals surface area contributed by atoms with Crippen LogP contribution < -0.4 is 5.32 Å². The van der Waals surface area contributed by atoms with Crippen LogP contribution in [0.4, 0.5) is 5.82 Å². The molecule has 2 N–H and O–H groups in total. The van der Waals surface area contributed by atoms with Gasteiger partial charge in [-0.15, -0.1) is 0 Å². The Morgan fingerprint density at radius 1 is 0.926 bits per heavy atom. The maximum atomic E-state index is 11.0. The zero-order valence-corrected chi connectivity index (χ0v) is 15.2. The standard InChI is InChI=1S/C22H20N4O/c1-14-7-12-24-19(13-14)26-20(17-8-10-23-11-9-17)18-6-5-16-4-3-15(2)25-21(16)22(18)27/h3-13,20,27H,1-2H3,(H,24,26)/t20-/m0/s1. The summed E-state index contributed by atoms with van der Waals surface area (Å²) < 4.78 is 0. The quantitative estimate of drug-likeness (QED) is 0.561. The van der Waals surface area contributed by atoms with E-state index in [1.807, 2.05) is 62.4 Å². The molecule has 0 amide bonds. The van der Waals surface area contributed by atoms with E-state index < -0.39 is 0 Å². The van der Waals surface area contributed by atoms with Crippen LogP contribution in [-0.4, -0.2) is 20.1 Å². The smallest absolute Gasteiger partial charge is 0.147 e. The van der Waals surface area contributed by atoms with Gasteiger partial charge in [0, 0.05) is 35.2 Å². The Morgan fingerprint density at radius 3 is 2.48 bits per heavy atom. The Balaban J connectivity index is 1.86. The average Bonchev–Trinajstić information content (AvgIpc) is 2.68. The van der Waals surface area contributed by atoms with Crippen molar-refractivity contribution in [1.82, 2.24) is 15.0 Å². The molecule has 0 unspecified atom stereocenters. The van der Waals surface area contributed by atoms with E-state index in [9.17, 15) is 5.11 Å². The molecule has 0 saturated heterocycles. The lowest BCUT2D eigenvalue weighted by Crippen LogP contribution is -2.14. The molecule has 3 aromatic heterocycles. The number of nitrogens with zero attached hydrogens (tertiary/aromatic N) is 3. The second kappa shape index (κ2) is 7.03. The number of benzene rings is 1. The molecule has 4 aromatic rings. The van der Waals surface area contributed by atoms with Crippen LogP contribution in [0.15, 0.2) is 67.1 Å². The first-order chi connectivity index (χ1) is 13.1. The van der Waals surface area contributed by atoms with Gasteiger partial charge in [0.05, 0.1) is 6.04 Å². The topological polar surface area (TPSA) is 70.9 Å². The molecule has 4 rings (SSSR count). The van der Waals surface area contributed by atoms with Gasteiger partial charge in [-0.05, 0) is 55.3 Å². The van der Waals surface area contributed by atoms with Gasteiger partial charge in [-0.1, -0.05) is 18.2 Å². The van der Waals surface area contributed by atoms with Gasteiger partial charge >= 0.3 is 0 Å². The fourth-order valence-corrected chi connectivity index (χ4v) is 3.18. The van der Waals surface area contributed by atoms with Gasteiger partial charge < -0.3 is 10.4 Å². The highest BCUT2D eigenvalue weighted by atomic mass is 16.3. The number of phenols is 1. The lowest BCUT2D eigenvalue weighted by Gasteiger charge is -2.22. The molecule has 134 valence electrons. The summed E-state index contributed by atoms with van der Waals surface area (Å²) in [6.07, 6.45) is 5.26. The minimum Gasteiger partial charge on any atom is -0.505 e. The van der Waals surface area contributed by atoms with Crippen molar-refractivity contribution in [3.63, 3.8) is 0 Å². The van der Waals surface area contributed by atoms with Crippen LogP contribution >= 0.6 is 0 Å². The predicted octanol–water partition coefficient (Wildman–Crippen LogP) is 4.55. The molecule has 0 fully saturated rings. The fourth-order valence-electron chi connectivity index (χ4n) is 3.18. The summed E-state index contributed by atoms with van der Waals surface area (Å²) in [5, 5.41) is 15.4. The van der Waals surface area contributed by atoms with Crippen LogP contribution in [-0.2, 0) is 0 Å². The van der Waals surface area contributed by atoms with E-state index in [0.717, 1.165) is 33.6 Å². The lowest BCUT2D eigenvalue weighted by molar-refractivity contribution is 0.471. The number of aromatic hydroxyl groups is 1. The van der Waals surface area contributed by atoms with Crippen molar-refractivity contribution in [2.45, 2.75) is 19.9 Å². The van der Waals surface area contributed by atoms with Crippen molar-refractivity contribution in [2.75, 3.05) is 5.32 Å². The van der Waals surface area contributed by atoms with Gasteiger partial charge in [0.2, 0.25) is 0 Å². The largest absolute Gasteiger partial charge is 0.505 e. The van der Waals surface area contributed by atoms with Gasteiger partial charge in [-0.25, -0.2) is 9.97 Å². The highest BCUT2D eigenvalue weighted by Crippen LogP contribution is 2.36. The van der Waals surface area contributed by atoms with Crippen LogP contribution in [0.25, 0.3) is 10.9 Å². The third-order valence-corrected chi connectivity index (χ3v) is 4.56. The highest BCUT2D eigenvalue weighted by Gasteiger charge is 2.20. The first-order valence-corrected chi connectivity index (χ1v) is 8.80. The number of hydrogen-bond acceptors (Lipinski definition) is 5. The molecule has 0 spiro atoms. The number of pyridine rings is 3. The van der Waals surface area contributed by atoms with E-state index >= 15 is 0 Å². The van der Waals surface area contributed by atoms with Crippen molar-refractivity contribution in [3.05, 3.63) is 89.5 Å². The van der Waals surface area contributed by atoms with Gasteiger partial charge in [0.1, 0.15) is 17.1 Å². The maximum Gasteiger partial charge on any atom is 0.147 e. The molecule has 0 aliphatic rings. The summed E-state index contributed by atoms with van der Waals surface area (Å²) in [6, 6.07) is 15.3. The molecule has 3 heterocycles. The Labute approximate surface area is 157 Å². The third kappa shape index (κ3) is 3.44. The van der Waals surface area contributed by atoms with Crippen molar-refractivity contribution >= 4 is 16.7 Å². The summed E-state index contributed by atoms with van der Waals surface area (Å²) >= 11 is 0. The molecule has 0 radical (unpaired) electrons. The lowest BCUT2D eigenvalue weighted by atomic mass is 9.97. The number of rotatable bonds is 4. The number of anilines is 1. The highest BCUT2D eigenvalue weighted by molar-refractivity contribution is 5.86. The molecular weight excluding hydrogens is 336 g/mol. The Hall–Kier alpha value is -3.47. The Kier molecular flexibility index (Phi) is 4.42. The van der Waals surface area contributed by atoms with Gasteiger partial charge in [0.15, 0.2) is 0 Å². The van der Waals surface area contributed by atoms with E-state index in [1.54, 1.807) is 18.6 Å². The van der Waals surface area contributed by atoms with Crippen LogP contribution in [0.5, 0.6) is 5.75 Å². The average molecular weight is 356 g/mol. The molecule has 1 atom stereocenters. The minimum atomic E-state index is -0.283. The molecule has 0 bridgehead atoms. The second-order valence-electron chi connectivity index (χ2n) is 6.60. The normalized spacial score (nSPS) is 12.1. The molecule has 0 saturated carbocycles. The molecule has 0 aliphatic carbocycles. The van der Waals surface area contributed by atoms with Crippen molar-refractivity contribution < 1.29 is 5.11 Å². The van der Waals surface area contributed by atoms with Crippen LogP contribution in [0.1, 0.15) is 28.4 Å². The summed E-state index contributed by atoms with van der Waals surface area (Å²) in [7, 11) is 0. The summed E-state index contributed by atoms with van der Waals surface area (Å²) in [4.78, 5) is 13.0. The number of hydrogen-bond donors (Lipinski definition) is 2. The van der Waals surface area contributed by atoms with Gasteiger partial charge in [0.25, 0.3) is 0 Å². The number of nitrogens with one attached hydrogen (secondary N) is 1. The van der Waals surface area contributed by atoms with Crippen molar-refractivity contribution in [3.8, 4) is 5.75 Å². The van der Waals surface area contributed by atoms with E-state index in [2.05, 4.69) is 20.3 Å². The van der Waals surface area contributed by atoms with E-state index in [1.165, 1.54) is 0 Å². The molecule has 27 heavy (non-hydrogen) atoms. The van der Waals surface area contributed by atoms with E-state index in [-0.39, 0.29) is 11.8 Å². The van der Waals surface area contributed by atoms with Gasteiger partial charge in [-0.3, -0.25) is 4.98 Å². The molecule has 1 aromatic carbocycles. The van der Waals surface area contributed by atoms with Crippen molar-refractivity contribution in [2.24, 2.45) is 0 Å². The maximum absolute atomic E-state index is 11.0. The first-order valence-electron chi connectivity index (χ1n) is 8.80. The summed E-state index contributed by atoms with van der Waals surface area (Å²) in [5.74, 6) is 0.923. The third-order valence-electron chi connectivity index (χ3n) is 4.56. The van der Waals surface area contributed by atoms with Crippen LogP contribution in [0.2, 0.25) is 0 Å². The van der Waals surface area contributed by atoms with Gasteiger partial charge in [-0.2, -0.15) is 0 Å². The van der Waals surface area contributed by atoms with E-state index in [4.69, 9.17) is 0 Å². The molecule has 5 heteroatoms. The zero-order valence-electron chi connectivity index (χ0n) is 15.2. The van der Waals surface area contributed by atoms with Crippen molar-refractivity contribution in [1.29, 1.82) is 0 Å². The second-order valence-corrected chi connectivity index (χ2v) is 6.60. The SMILES string of the molecule is Cc1ccnc(N[C@@H](c2ccncc2)c2ccc3ccc(C)nc3c2O)c1. The number of phenolic OH excluding ortho intramolecular Hbond substituents is 1. The number of aryl methyl sites for hydroxylation is 2. The zero-order chi connectivity index (χ0) is 18.8. The Bertz CT molecular complexity index is 1100. The number of fused-ring (bicyclic) bond motifs is 1. The number of aromatic nitrogens is 3. The summed E-state index contributed by atoms with van der Waals surface area (Å²) in [6.45, 7) is 3.94. The molecule has 0 aliphatic heterocycles. The minimum absolute atomic E-state index is 0.179. The Morgan fingerprint density at radius 2 is 1.70 bits per heavy atom.